The van der Waals surface area contributed by atoms with Crippen molar-refractivity contribution in [3.05, 3.63) is 42.0 Å². The van der Waals surface area contributed by atoms with Crippen LogP contribution in [0.2, 0.25) is 0 Å². The van der Waals surface area contributed by atoms with E-state index >= 15 is 0 Å². The molecule has 1 amide bonds. The van der Waals surface area contributed by atoms with Gasteiger partial charge in [0.05, 0.1) is 22.3 Å². The van der Waals surface area contributed by atoms with Crippen molar-refractivity contribution in [1.82, 2.24) is 5.43 Å². The van der Waals surface area contributed by atoms with Crippen molar-refractivity contribution in [3.63, 3.8) is 0 Å². The van der Waals surface area contributed by atoms with Gasteiger partial charge in [0.1, 0.15) is 5.76 Å². The molecule has 2 rings (SSSR count). The van der Waals surface area contributed by atoms with Gasteiger partial charge in [-0.25, -0.2) is 5.43 Å². The van der Waals surface area contributed by atoms with E-state index in [0.717, 1.165) is 8.95 Å². The Labute approximate surface area is 171 Å². The molecule has 0 aliphatic rings. The quantitative estimate of drug-likeness (QED) is 0.386. The van der Waals surface area contributed by atoms with E-state index in [1.165, 1.54) is 13.3 Å². The third-order valence-corrected chi connectivity index (χ3v) is 5.34. The summed E-state index contributed by atoms with van der Waals surface area (Å²) in [6, 6.07) is 5.24. The van der Waals surface area contributed by atoms with Crippen molar-refractivity contribution >= 4 is 75.8 Å². The van der Waals surface area contributed by atoms with E-state index in [2.05, 4.69) is 74.2 Å². The highest BCUT2D eigenvalue weighted by atomic mass is 79.9. The van der Waals surface area contributed by atoms with Crippen LogP contribution in [-0.2, 0) is 4.79 Å². The van der Waals surface area contributed by atoms with Crippen LogP contribution in [0.25, 0.3) is 0 Å². The summed E-state index contributed by atoms with van der Waals surface area (Å²) in [6.45, 7) is -0.223. The lowest BCUT2D eigenvalue weighted by atomic mass is 10.3. The highest BCUT2D eigenvalue weighted by Gasteiger charge is 2.12. The third kappa shape index (κ3) is 5.33. The SMILES string of the molecule is COc1cc(Br)cc(Br)c1OCC(=O)N/N=C/c1cc(Br)c(Br)o1. The van der Waals surface area contributed by atoms with Crippen LogP contribution >= 0.6 is 63.7 Å². The predicted octanol–water partition coefficient (Wildman–Crippen LogP) is 4.87. The number of nitrogens with one attached hydrogen (secondary N) is 1. The van der Waals surface area contributed by atoms with Gasteiger partial charge in [-0.2, -0.15) is 5.10 Å². The van der Waals surface area contributed by atoms with Crippen LogP contribution in [0, 0.1) is 0 Å². The van der Waals surface area contributed by atoms with Crippen LogP contribution in [-0.4, -0.2) is 25.8 Å². The minimum Gasteiger partial charge on any atom is -0.493 e. The molecular weight excluding hydrogens is 580 g/mol. The second kappa shape index (κ2) is 9.02. The Hall–Kier alpha value is -0.840. The van der Waals surface area contributed by atoms with E-state index < -0.39 is 5.91 Å². The zero-order valence-corrected chi connectivity index (χ0v) is 18.5. The summed E-state index contributed by atoms with van der Waals surface area (Å²) in [4.78, 5) is 11.8. The number of amides is 1. The molecule has 1 N–H and O–H groups in total. The topological polar surface area (TPSA) is 73.1 Å². The molecule has 1 aromatic carbocycles. The first kappa shape index (κ1) is 19.5. The van der Waals surface area contributed by atoms with E-state index in [-0.39, 0.29) is 6.61 Å². The largest absolute Gasteiger partial charge is 0.493 e. The number of methoxy groups -OCH3 is 1. The van der Waals surface area contributed by atoms with Gasteiger partial charge in [0.15, 0.2) is 22.8 Å². The number of halogens is 4. The number of ether oxygens (including phenoxy) is 2. The number of benzene rings is 1. The molecule has 0 bridgehead atoms. The number of nitrogens with zero attached hydrogens (tertiary/aromatic N) is 1. The van der Waals surface area contributed by atoms with Crippen molar-refractivity contribution in [3.8, 4) is 11.5 Å². The van der Waals surface area contributed by atoms with Crippen LogP contribution in [0.5, 0.6) is 11.5 Å². The molecule has 0 spiro atoms. The van der Waals surface area contributed by atoms with Crippen LogP contribution in [0.4, 0.5) is 0 Å². The lowest BCUT2D eigenvalue weighted by molar-refractivity contribution is -0.123. The number of hydrogen-bond donors (Lipinski definition) is 1. The molecule has 1 aromatic heterocycles. The van der Waals surface area contributed by atoms with Crippen LogP contribution in [0.3, 0.4) is 0 Å². The molecule has 1 heterocycles. The van der Waals surface area contributed by atoms with Crippen LogP contribution < -0.4 is 14.9 Å². The summed E-state index contributed by atoms with van der Waals surface area (Å²) >= 11 is 13.2. The van der Waals surface area contributed by atoms with Crippen LogP contribution in [0.15, 0.2) is 45.8 Å². The molecule has 0 saturated carbocycles. The number of furan rings is 1. The molecule has 0 unspecified atom stereocenters. The Morgan fingerprint density at radius 2 is 2.00 bits per heavy atom. The predicted molar refractivity (Wildman–Crippen MR) is 104 cm³/mol. The van der Waals surface area contributed by atoms with E-state index in [1.54, 1.807) is 18.2 Å². The Kier molecular flexibility index (Phi) is 7.33. The second-order valence-electron chi connectivity index (χ2n) is 4.27. The number of rotatable bonds is 6. The maximum atomic E-state index is 11.8. The summed E-state index contributed by atoms with van der Waals surface area (Å²) < 4.78 is 18.8. The Morgan fingerprint density at radius 1 is 1.25 bits per heavy atom. The first-order chi connectivity index (χ1) is 11.4. The smallest absolute Gasteiger partial charge is 0.277 e. The highest BCUT2D eigenvalue weighted by molar-refractivity contribution is 9.13. The van der Waals surface area contributed by atoms with Gasteiger partial charge in [-0.15, -0.1) is 0 Å². The van der Waals surface area contributed by atoms with Crippen LogP contribution in [0.1, 0.15) is 5.76 Å². The van der Waals surface area contributed by atoms with Gasteiger partial charge in [0.2, 0.25) is 0 Å². The first-order valence-electron chi connectivity index (χ1n) is 6.33. The van der Waals surface area contributed by atoms with E-state index in [1.807, 2.05) is 0 Å². The van der Waals surface area contributed by atoms with Crippen molar-refractivity contribution in [1.29, 1.82) is 0 Å². The van der Waals surface area contributed by atoms with Crippen molar-refractivity contribution in [2.75, 3.05) is 13.7 Å². The molecule has 24 heavy (non-hydrogen) atoms. The van der Waals surface area contributed by atoms with Gasteiger partial charge in [0, 0.05) is 10.5 Å². The van der Waals surface area contributed by atoms with Gasteiger partial charge in [0.25, 0.3) is 5.91 Å². The lowest BCUT2D eigenvalue weighted by Crippen LogP contribution is -2.24. The summed E-state index contributed by atoms with van der Waals surface area (Å²) in [5, 5.41) is 3.80. The van der Waals surface area contributed by atoms with Gasteiger partial charge in [-0.05, 0) is 59.9 Å². The monoisotopic (exact) mass is 586 g/mol. The average Bonchev–Trinajstić information content (AvgIpc) is 2.84. The van der Waals surface area contributed by atoms with Gasteiger partial charge >= 0.3 is 0 Å². The zero-order chi connectivity index (χ0) is 17.7. The summed E-state index contributed by atoms with van der Waals surface area (Å²) in [5.74, 6) is 0.983. The molecule has 0 saturated heterocycles. The molecular formula is C14H10Br4N2O4. The third-order valence-electron chi connectivity index (χ3n) is 2.59. The summed E-state index contributed by atoms with van der Waals surface area (Å²) in [5.41, 5.74) is 2.35. The number of carbonyl (C=O) groups is 1. The van der Waals surface area contributed by atoms with Crippen molar-refractivity contribution < 1.29 is 18.7 Å². The molecule has 0 aliphatic heterocycles. The molecule has 0 atom stereocenters. The van der Waals surface area contributed by atoms with Crippen molar-refractivity contribution in [2.24, 2.45) is 5.10 Å². The molecule has 2 aromatic rings. The Balaban J connectivity index is 1.92. The Morgan fingerprint density at radius 3 is 2.62 bits per heavy atom. The highest BCUT2D eigenvalue weighted by Crippen LogP contribution is 2.38. The number of hydrogen-bond acceptors (Lipinski definition) is 5. The van der Waals surface area contributed by atoms with Gasteiger partial charge < -0.3 is 13.9 Å². The molecule has 6 nitrogen and oxygen atoms in total. The maximum Gasteiger partial charge on any atom is 0.277 e. The maximum absolute atomic E-state index is 11.8. The van der Waals surface area contributed by atoms with Crippen molar-refractivity contribution in [2.45, 2.75) is 0 Å². The molecule has 0 aliphatic carbocycles. The van der Waals surface area contributed by atoms with E-state index in [4.69, 9.17) is 13.9 Å². The Bertz CT molecular complexity index is 757. The average molecular weight is 590 g/mol. The fourth-order valence-electron chi connectivity index (χ4n) is 1.59. The molecule has 0 fully saturated rings. The second-order valence-corrected chi connectivity index (χ2v) is 7.62. The zero-order valence-electron chi connectivity index (χ0n) is 12.1. The standard InChI is InChI=1S/C14H10Br4N2O4/c1-22-11-3-7(15)2-9(16)13(11)23-6-12(21)20-19-5-8-4-10(17)14(18)24-8/h2-5H,6H2,1H3,(H,20,21)/b19-5+. The molecule has 128 valence electrons. The summed E-state index contributed by atoms with van der Waals surface area (Å²) in [6.07, 6.45) is 1.38. The number of carbonyl (C=O) groups excluding carboxylic acids is 1. The fourth-order valence-corrected chi connectivity index (χ4v) is 3.50. The van der Waals surface area contributed by atoms with Gasteiger partial charge in [-0.3, -0.25) is 4.79 Å². The minimum atomic E-state index is -0.423. The van der Waals surface area contributed by atoms with Gasteiger partial charge in [-0.1, -0.05) is 15.9 Å². The normalized spacial score (nSPS) is 10.9. The van der Waals surface area contributed by atoms with E-state index in [0.29, 0.717) is 26.4 Å². The first-order valence-corrected chi connectivity index (χ1v) is 9.50. The summed E-state index contributed by atoms with van der Waals surface area (Å²) in [7, 11) is 1.52. The lowest BCUT2D eigenvalue weighted by Gasteiger charge is -2.12. The van der Waals surface area contributed by atoms with E-state index in [9.17, 15) is 4.79 Å². The fraction of sp³-hybridized carbons (Fsp3) is 0.143. The molecule has 10 heteroatoms. The number of hydrazone groups is 1. The molecule has 0 radical (unpaired) electrons. The minimum absolute atomic E-state index is 0.223.